The van der Waals surface area contributed by atoms with Crippen LogP contribution in [0.25, 0.3) is 27.8 Å². The van der Waals surface area contributed by atoms with Gasteiger partial charge in [-0.3, -0.25) is 0 Å². The summed E-state index contributed by atoms with van der Waals surface area (Å²) in [6, 6.07) is 14.7. The largest absolute Gasteiger partial charge is 0.304 e. The van der Waals surface area contributed by atoms with E-state index in [1.807, 2.05) is 35.5 Å². The molecule has 0 unspecified atom stereocenters. The maximum atomic E-state index is 4.79. The maximum Gasteiger partial charge on any atom is 0.186 e. The van der Waals surface area contributed by atoms with E-state index < -0.39 is 0 Å². The SMILES string of the molecule is Cc1ccc(-c2nnc3c4ccccc4c(C)nn23)cc1SN1CCN(C)CC1. The minimum Gasteiger partial charge on any atom is -0.304 e. The highest BCUT2D eigenvalue weighted by Gasteiger charge is 2.18. The van der Waals surface area contributed by atoms with Crippen molar-refractivity contribution in [2.24, 2.45) is 0 Å². The van der Waals surface area contributed by atoms with Crippen LogP contribution in [0.15, 0.2) is 47.4 Å². The zero-order valence-corrected chi connectivity index (χ0v) is 17.8. The van der Waals surface area contributed by atoms with Crippen LogP contribution in [0, 0.1) is 13.8 Å². The Labute approximate surface area is 174 Å². The molecule has 1 fully saturated rings. The van der Waals surface area contributed by atoms with Gasteiger partial charge in [0.2, 0.25) is 0 Å². The van der Waals surface area contributed by atoms with Gasteiger partial charge in [-0.2, -0.15) is 9.61 Å². The number of rotatable bonds is 3. The van der Waals surface area contributed by atoms with Crippen LogP contribution in [-0.2, 0) is 0 Å². The van der Waals surface area contributed by atoms with Crippen molar-refractivity contribution in [1.82, 2.24) is 29.0 Å². The van der Waals surface area contributed by atoms with E-state index in [0.717, 1.165) is 59.7 Å². The zero-order valence-electron chi connectivity index (χ0n) is 17.0. The molecule has 0 amide bonds. The monoisotopic (exact) mass is 404 g/mol. The van der Waals surface area contributed by atoms with Gasteiger partial charge in [0.1, 0.15) is 0 Å². The standard InChI is InChI=1S/C22H24N6S/c1-15-8-9-17(14-20(15)29-27-12-10-26(3)11-13-27)21-23-24-22-19-7-5-4-6-18(19)16(2)25-28(21)22/h4-9,14H,10-13H2,1-3H3. The van der Waals surface area contributed by atoms with Crippen LogP contribution in [0.1, 0.15) is 11.3 Å². The molecule has 4 aromatic rings. The van der Waals surface area contributed by atoms with Crippen molar-refractivity contribution in [2.75, 3.05) is 33.2 Å². The minimum atomic E-state index is 0.786. The summed E-state index contributed by atoms with van der Waals surface area (Å²) >= 11 is 1.84. The summed E-state index contributed by atoms with van der Waals surface area (Å²) in [5.41, 5.74) is 4.10. The van der Waals surface area contributed by atoms with Crippen LogP contribution in [0.2, 0.25) is 0 Å². The lowest BCUT2D eigenvalue weighted by Gasteiger charge is -2.31. The number of hydrogen-bond acceptors (Lipinski definition) is 6. The second-order valence-electron chi connectivity index (χ2n) is 7.69. The molecular weight excluding hydrogens is 380 g/mol. The second-order valence-corrected chi connectivity index (χ2v) is 8.83. The first kappa shape index (κ1) is 18.5. The zero-order chi connectivity index (χ0) is 20.0. The van der Waals surface area contributed by atoms with E-state index >= 15 is 0 Å². The topological polar surface area (TPSA) is 49.6 Å². The van der Waals surface area contributed by atoms with Crippen LogP contribution < -0.4 is 0 Å². The van der Waals surface area contributed by atoms with Gasteiger partial charge < -0.3 is 4.90 Å². The van der Waals surface area contributed by atoms with Crippen molar-refractivity contribution in [3.8, 4) is 11.4 Å². The van der Waals surface area contributed by atoms with Crippen LogP contribution in [0.5, 0.6) is 0 Å². The Morgan fingerprint density at radius 3 is 2.45 bits per heavy atom. The van der Waals surface area contributed by atoms with Crippen molar-refractivity contribution >= 4 is 28.4 Å². The number of nitrogens with zero attached hydrogens (tertiary/aromatic N) is 6. The number of likely N-dealkylation sites (N-methyl/N-ethyl adjacent to an activating group) is 1. The highest BCUT2D eigenvalue weighted by atomic mass is 32.2. The van der Waals surface area contributed by atoms with Crippen molar-refractivity contribution in [3.63, 3.8) is 0 Å². The van der Waals surface area contributed by atoms with Gasteiger partial charge in [0.25, 0.3) is 0 Å². The Morgan fingerprint density at radius 2 is 1.66 bits per heavy atom. The average Bonchev–Trinajstić information content (AvgIpc) is 3.15. The van der Waals surface area contributed by atoms with Gasteiger partial charge in [-0.25, -0.2) is 4.31 Å². The van der Waals surface area contributed by atoms with Gasteiger partial charge in [0, 0.05) is 47.4 Å². The summed E-state index contributed by atoms with van der Waals surface area (Å²) in [5.74, 6) is 0.786. The van der Waals surface area contributed by atoms with Crippen molar-refractivity contribution < 1.29 is 0 Å². The van der Waals surface area contributed by atoms with E-state index in [0.29, 0.717) is 0 Å². The first-order valence-corrected chi connectivity index (χ1v) is 10.7. The summed E-state index contributed by atoms with van der Waals surface area (Å²) in [5, 5.41) is 16.0. The van der Waals surface area contributed by atoms with Crippen molar-refractivity contribution in [1.29, 1.82) is 0 Å². The van der Waals surface area contributed by atoms with Crippen LogP contribution >= 0.6 is 11.9 Å². The molecule has 2 aromatic carbocycles. The van der Waals surface area contributed by atoms with E-state index in [2.05, 4.69) is 63.7 Å². The van der Waals surface area contributed by atoms with Gasteiger partial charge in [-0.1, -0.05) is 36.4 Å². The molecule has 1 saturated heterocycles. The Kier molecular flexibility index (Phi) is 4.73. The Hall–Kier alpha value is -2.48. The third kappa shape index (κ3) is 3.39. The molecular formula is C22H24N6S. The normalized spacial score (nSPS) is 16.1. The van der Waals surface area contributed by atoms with Crippen molar-refractivity contribution in [2.45, 2.75) is 18.7 Å². The summed E-state index contributed by atoms with van der Waals surface area (Å²) in [4.78, 5) is 3.64. The highest BCUT2D eigenvalue weighted by Crippen LogP contribution is 2.31. The smallest absolute Gasteiger partial charge is 0.186 e. The molecule has 148 valence electrons. The van der Waals surface area contributed by atoms with Gasteiger partial charge in [0.05, 0.1) is 5.69 Å². The fourth-order valence-corrected chi connectivity index (χ4v) is 4.79. The maximum absolute atomic E-state index is 4.79. The van der Waals surface area contributed by atoms with Crippen LogP contribution in [0.4, 0.5) is 0 Å². The number of hydrogen-bond donors (Lipinski definition) is 0. The quantitative estimate of drug-likeness (QED) is 0.484. The first-order valence-electron chi connectivity index (χ1n) is 9.93. The van der Waals surface area contributed by atoms with E-state index in [9.17, 15) is 0 Å². The molecule has 1 aliphatic heterocycles. The summed E-state index contributed by atoms with van der Waals surface area (Å²) in [6.07, 6.45) is 0. The molecule has 0 atom stereocenters. The summed E-state index contributed by atoms with van der Waals surface area (Å²) in [7, 11) is 2.18. The lowest BCUT2D eigenvalue weighted by molar-refractivity contribution is 0.233. The summed E-state index contributed by atoms with van der Waals surface area (Å²) in [6.45, 7) is 8.57. The Bertz CT molecular complexity index is 1190. The number of benzene rings is 2. The number of piperazine rings is 1. The molecule has 5 rings (SSSR count). The van der Waals surface area contributed by atoms with Gasteiger partial charge >= 0.3 is 0 Å². The van der Waals surface area contributed by atoms with Gasteiger partial charge in [0.15, 0.2) is 11.5 Å². The van der Waals surface area contributed by atoms with E-state index in [4.69, 9.17) is 5.10 Å². The molecule has 7 heteroatoms. The molecule has 3 heterocycles. The molecule has 0 radical (unpaired) electrons. The Balaban J connectivity index is 1.55. The minimum absolute atomic E-state index is 0.786. The van der Waals surface area contributed by atoms with Crippen LogP contribution in [0.3, 0.4) is 0 Å². The van der Waals surface area contributed by atoms with E-state index in [-0.39, 0.29) is 0 Å². The van der Waals surface area contributed by atoms with E-state index in [1.54, 1.807) is 0 Å². The number of fused-ring (bicyclic) bond motifs is 3. The molecule has 1 aliphatic rings. The molecule has 6 nitrogen and oxygen atoms in total. The molecule has 0 spiro atoms. The second kappa shape index (κ2) is 7.40. The molecule has 0 aliphatic carbocycles. The summed E-state index contributed by atoms with van der Waals surface area (Å²) < 4.78 is 4.33. The third-order valence-electron chi connectivity index (χ3n) is 5.58. The fraction of sp³-hybridized carbons (Fsp3) is 0.318. The Morgan fingerprint density at radius 1 is 0.897 bits per heavy atom. The third-order valence-corrected chi connectivity index (χ3v) is 6.84. The number of aromatic nitrogens is 4. The first-order chi connectivity index (χ1) is 14.1. The molecule has 0 bridgehead atoms. The van der Waals surface area contributed by atoms with E-state index in [1.165, 1.54) is 10.5 Å². The predicted octanol–water partition coefficient (Wildman–Crippen LogP) is 3.82. The lowest BCUT2D eigenvalue weighted by atomic mass is 10.1. The van der Waals surface area contributed by atoms with Crippen LogP contribution in [-0.4, -0.2) is 62.2 Å². The molecule has 0 N–H and O–H groups in total. The molecule has 29 heavy (non-hydrogen) atoms. The predicted molar refractivity (Wildman–Crippen MR) is 118 cm³/mol. The van der Waals surface area contributed by atoms with Crippen molar-refractivity contribution in [3.05, 3.63) is 53.7 Å². The van der Waals surface area contributed by atoms with Gasteiger partial charge in [-0.05, 0) is 44.5 Å². The average molecular weight is 405 g/mol. The highest BCUT2D eigenvalue weighted by molar-refractivity contribution is 7.97. The number of aryl methyl sites for hydroxylation is 2. The van der Waals surface area contributed by atoms with Gasteiger partial charge in [-0.15, -0.1) is 10.2 Å². The lowest BCUT2D eigenvalue weighted by Crippen LogP contribution is -2.41. The fourth-order valence-electron chi connectivity index (χ4n) is 3.78. The molecule has 2 aromatic heterocycles. The molecule has 0 saturated carbocycles.